The SMILES string of the molecule is CC(C)c1ncc(N2CCN(C)C(C)C2)c(CCl)n1. The van der Waals surface area contributed by atoms with Crippen molar-refractivity contribution >= 4 is 17.3 Å². The van der Waals surface area contributed by atoms with E-state index < -0.39 is 0 Å². The molecule has 0 saturated carbocycles. The first kappa shape index (κ1) is 14.5. The molecule has 19 heavy (non-hydrogen) atoms. The number of nitrogens with zero attached hydrogens (tertiary/aromatic N) is 4. The molecule has 5 heteroatoms. The van der Waals surface area contributed by atoms with Crippen LogP contribution in [0.3, 0.4) is 0 Å². The molecule has 1 aliphatic heterocycles. The van der Waals surface area contributed by atoms with E-state index in [4.69, 9.17) is 11.6 Å². The van der Waals surface area contributed by atoms with Gasteiger partial charge in [0.25, 0.3) is 0 Å². The summed E-state index contributed by atoms with van der Waals surface area (Å²) in [7, 11) is 2.17. The van der Waals surface area contributed by atoms with Gasteiger partial charge in [0, 0.05) is 31.6 Å². The molecule has 1 aromatic heterocycles. The van der Waals surface area contributed by atoms with E-state index in [0.29, 0.717) is 17.8 Å². The molecule has 0 aliphatic carbocycles. The standard InChI is InChI=1S/C14H23ClN4/c1-10(2)14-16-8-13(12(7-15)17-14)19-6-5-18(4)11(3)9-19/h8,10-11H,5-7,9H2,1-4H3. The molecule has 106 valence electrons. The molecule has 1 atom stereocenters. The van der Waals surface area contributed by atoms with Crippen LogP contribution in [-0.4, -0.2) is 47.6 Å². The summed E-state index contributed by atoms with van der Waals surface area (Å²) < 4.78 is 0. The van der Waals surface area contributed by atoms with Crippen molar-refractivity contribution in [1.29, 1.82) is 0 Å². The minimum Gasteiger partial charge on any atom is -0.366 e. The number of alkyl halides is 1. The van der Waals surface area contributed by atoms with Gasteiger partial charge in [-0.3, -0.25) is 0 Å². The number of hydrogen-bond donors (Lipinski definition) is 0. The van der Waals surface area contributed by atoms with Gasteiger partial charge in [0.2, 0.25) is 0 Å². The third-order valence-corrected chi connectivity index (χ3v) is 4.06. The van der Waals surface area contributed by atoms with Gasteiger partial charge in [0.1, 0.15) is 5.82 Å². The normalized spacial score (nSPS) is 21.2. The summed E-state index contributed by atoms with van der Waals surface area (Å²) in [5.41, 5.74) is 2.05. The molecular weight excluding hydrogens is 260 g/mol. The van der Waals surface area contributed by atoms with Crippen LogP contribution >= 0.6 is 11.6 Å². The minimum absolute atomic E-state index is 0.336. The van der Waals surface area contributed by atoms with E-state index >= 15 is 0 Å². The Kier molecular flexibility index (Phi) is 4.63. The van der Waals surface area contributed by atoms with Gasteiger partial charge < -0.3 is 9.80 Å². The lowest BCUT2D eigenvalue weighted by Gasteiger charge is -2.39. The highest BCUT2D eigenvalue weighted by Crippen LogP contribution is 2.24. The minimum atomic E-state index is 0.336. The molecular formula is C14H23ClN4. The van der Waals surface area contributed by atoms with Crippen molar-refractivity contribution in [3.05, 3.63) is 17.7 Å². The molecule has 0 N–H and O–H groups in total. The second kappa shape index (κ2) is 6.06. The van der Waals surface area contributed by atoms with Gasteiger partial charge in [-0.2, -0.15) is 0 Å². The average molecular weight is 283 g/mol. The summed E-state index contributed by atoms with van der Waals surface area (Å²) >= 11 is 6.07. The van der Waals surface area contributed by atoms with Gasteiger partial charge >= 0.3 is 0 Å². The zero-order chi connectivity index (χ0) is 14.0. The maximum atomic E-state index is 6.07. The third kappa shape index (κ3) is 3.18. The van der Waals surface area contributed by atoms with Crippen LogP contribution in [0.2, 0.25) is 0 Å². The molecule has 1 unspecified atom stereocenters. The Hall–Kier alpha value is -0.870. The van der Waals surface area contributed by atoms with Crippen molar-refractivity contribution in [2.24, 2.45) is 0 Å². The number of rotatable bonds is 3. The molecule has 0 amide bonds. The Morgan fingerprint density at radius 1 is 1.42 bits per heavy atom. The summed E-state index contributed by atoms with van der Waals surface area (Å²) in [6.07, 6.45) is 1.94. The fourth-order valence-corrected chi connectivity index (χ4v) is 2.53. The maximum absolute atomic E-state index is 6.07. The Bertz CT molecular complexity index is 435. The topological polar surface area (TPSA) is 32.3 Å². The molecule has 0 radical (unpaired) electrons. The Morgan fingerprint density at radius 3 is 2.74 bits per heavy atom. The molecule has 1 aromatic rings. The van der Waals surface area contributed by atoms with Crippen LogP contribution in [0.15, 0.2) is 6.20 Å². The van der Waals surface area contributed by atoms with Gasteiger partial charge in [0.05, 0.1) is 23.5 Å². The molecule has 0 bridgehead atoms. The van der Waals surface area contributed by atoms with Crippen LogP contribution in [0.1, 0.15) is 38.2 Å². The van der Waals surface area contributed by atoms with E-state index in [1.807, 2.05) is 6.20 Å². The van der Waals surface area contributed by atoms with Gasteiger partial charge in [-0.25, -0.2) is 9.97 Å². The first-order valence-corrected chi connectivity index (χ1v) is 7.43. The third-order valence-electron chi connectivity index (χ3n) is 3.81. The fraction of sp³-hybridized carbons (Fsp3) is 0.714. The average Bonchev–Trinajstić information content (AvgIpc) is 2.41. The number of halogens is 1. The Morgan fingerprint density at radius 2 is 2.16 bits per heavy atom. The second-order valence-corrected chi connectivity index (χ2v) is 5.89. The van der Waals surface area contributed by atoms with Gasteiger partial charge in [-0.05, 0) is 14.0 Å². The van der Waals surface area contributed by atoms with E-state index in [9.17, 15) is 0 Å². The van der Waals surface area contributed by atoms with Gasteiger partial charge in [-0.15, -0.1) is 11.6 Å². The van der Waals surface area contributed by atoms with E-state index in [1.165, 1.54) is 0 Å². The Balaban J connectivity index is 2.24. The van der Waals surface area contributed by atoms with Gasteiger partial charge in [-0.1, -0.05) is 13.8 Å². The van der Waals surface area contributed by atoms with Crippen molar-refractivity contribution in [2.45, 2.75) is 38.6 Å². The van der Waals surface area contributed by atoms with Gasteiger partial charge in [0.15, 0.2) is 0 Å². The molecule has 2 heterocycles. The molecule has 1 fully saturated rings. The predicted octanol–water partition coefficient (Wildman–Crippen LogP) is 2.48. The summed E-state index contributed by atoms with van der Waals surface area (Å²) in [6.45, 7) is 9.53. The second-order valence-electron chi connectivity index (χ2n) is 5.62. The first-order valence-electron chi connectivity index (χ1n) is 6.90. The molecule has 1 saturated heterocycles. The number of anilines is 1. The quantitative estimate of drug-likeness (QED) is 0.798. The lowest BCUT2D eigenvalue weighted by Crippen LogP contribution is -2.50. The number of piperazine rings is 1. The van der Waals surface area contributed by atoms with Crippen LogP contribution in [-0.2, 0) is 5.88 Å². The monoisotopic (exact) mass is 282 g/mol. The molecule has 0 spiro atoms. The van der Waals surface area contributed by atoms with Crippen molar-refractivity contribution in [1.82, 2.24) is 14.9 Å². The van der Waals surface area contributed by atoms with Crippen molar-refractivity contribution in [2.75, 3.05) is 31.6 Å². The summed E-state index contributed by atoms with van der Waals surface area (Å²) in [5.74, 6) is 1.65. The van der Waals surface area contributed by atoms with Crippen LogP contribution in [0.25, 0.3) is 0 Å². The van der Waals surface area contributed by atoms with Crippen LogP contribution in [0.5, 0.6) is 0 Å². The maximum Gasteiger partial charge on any atom is 0.131 e. The predicted molar refractivity (Wildman–Crippen MR) is 80.0 cm³/mol. The number of likely N-dealkylation sites (N-methyl/N-ethyl adjacent to an activating group) is 1. The highest BCUT2D eigenvalue weighted by Gasteiger charge is 2.23. The Labute approximate surface area is 120 Å². The van der Waals surface area contributed by atoms with Crippen LogP contribution in [0, 0.1) is 0 Å². The van der Waals surface area contributed by atoms with E-state index in [1.54, 1.807) is 0 Å². The van der Waals surface area contributed by atoms with Crippen molar-refractivity contribution in [3.8, 4) is 0 Å². The first-order chi connectivity index (χ1) is 9.02. The molecule has 4 nitrogen and oxygen atoms in total. The van der Waals surface area contributed by atoms with E-state index in [2.05, 4.69) is 47.6 Å². The van der Waals surface area contributed by atoms with E-state index in [0.717, 1.165) is 36.8 Å². The summed E-state index contributed by atoms with van der Waals surface area (Å²) in [6, 6.07) is 0.543. The van der Waals surface area contributed by atoms with E-state index in [-0.39, 0.29) is 0 Å². The fourth-order valence-electron chi connectivity index (χ4n) is 2.33. The number of hydrogen-bond acceptors (Lipinski definition) is 4. The largest absolute Gasteiger partial charge is 0.366 e. The smallest absolute Gasteiger partial charge is 0.131 e. The summed E-state index contributed by atoms with van der Waals surface area (Å²) in [5, 5.41) is 0. The highest BCUT2D eigenvalue weighted by molar-refractivity contribution is 6.17. The lowest BCUT2D eigenvalue weighted by atomic mass is 10.1. The van der Waals surface area contributed by atoms with Crippen LogP contribution < -0.4 is 4.90 Å². The number of aromatic nitrogens is 2. The zero-order valence-electron chi connectivity index (χ0n) is 12.2. The highest BCUT2D eigenvalue weighted by atomic mass is 35.5. The van der Waals surface area contributed by atoms with Crippen LogP contribution in [0.4, 0.5) is 5.69 Å². The zero-order valence-corrected chi connectivity index (χ0v) is 13.0. The van der Waals surface area contributed by atoms with Crippen molar-refractivity contribution < 1.29 is 0 Å². The lowest BCUT2D eigenvalue weighted by molar-refractivity contribution is 0.234. The van der Waals surface area contributed by atoms with Crippen molar-refractivity contribution in [3.63, 3.8) is 0 Å². The molecule has 0 aromatic carbocycles. The molecule has 1 aliphatic rings. The molecule has 2 rings (SSSR count). The summed E-state index contributed by atoms with van der Waals surface area (Å²) in [4.78, 5) is 13.8.